The van der Waals surface area contributed by atoms with Crippen LogP contribution in [-0.4, -0.2) is 37.4 Å². The fourth-order valence-corrected chi connectivity index (χ4v) is 2.37. The van der Waals surface area contributed by atoms with Crippen molar-refractivity contribution in [2.45, 2.75) is 58.5 Å². The summed E-state index contributed by atoms with van der Waals surface area (Å²) in [6.07, 6.45) is 7.87. The summed E-state index contributed by atoms with van der Waals surface area (Å²) in [7, 11) is -4.16. The molecular weight excluding hydrogens is 321 g/mol. The van der Waals surface area contributed by atoms with E-state index in [1.807, 2.05) is 0 Å². The van der Waals surface area contributed by atoms with Gasteiger partial charge in [-0.2, -0.15) is 0 Å². The molecule has 0 aromatic carbocycles. The maximum atomic E-state index is 11.6. The summed E-state index contributed by atoms with van der Waals surface area (Å²) in [5.41, 5.74) is 5.05. The van der Waals surface area contributed by atoms with Gasteiger partial charge in [0.05, 0.1) is 13.2 Å². The van der Waals surface area contributed by atoms with Gasteiger partial charge in [-0.3, -0.25) is 9.42 Å². The molecule has 0 spiro atoms. The van der Waals surface area contributed by atoms with E-state index in [0.29, 0.717) is 19.8 Å². The molecule has 0 heterocycles. The summed E-state index contributed by atoms with van der Waals surface area (Å²) in [5.74, 6) is 0. The first-order chi connectivity index (χ1) is 11.1. The van der Waals surface area contributed by atoms with Crippen molar-refractivity contribution in [3.63, 3.8) is 0 Å². The highest BCUT2D eigenvalue weighted by Gasteiger charge is 2.23. The van der Waals surface area contributed by atoms with Crippen molar-refractivity contribution >= 4 is 7.82 Å². The normalized spacial score (nSPS) is 15.6. The Labute approximate surface area is 139 Å². The van der Waals surface area contributed by atoms with Crippen molar-refractivity contribution < 1.29 is 28.0 Å². The summed E-state index contributed by atoms with van der Waals surface area (Å²) in [4.78, 5) is 9.45. The maximum Gasteiger partial charge on any atom is 0.526 e. The van der Waals surface area contributed by atoms with Crippen molar-refractivity contribution in [1.82, 2.24) is 0 Å². The number of unbranched alkanes of at least 4 members (excludes halogenated alkanes) is 4. The summed E-state index contributed by atoms with van der Waals surface area (Å²) >= 11 is 0. The Morgan fingerprint density at radius 3 is 2.35 bits per heavy atom. The molecule has 0 saturated carbocycles. The number of phosphoric acid groups is 1. The Bertz CT molecular complexity index is 340. The second-order valence-corrected chi connectivity index (χ2v) is 6.59. The van der Waals surface area contributed by atoms with Crippen LogP contribution in [0.2, 0.25) is 0 Å². The summed E-state index contributed by atoms with van der Waals surface area (Å²) < 4.78 is 32.2. The molecule has 7 nitrogen and oxygen atoms in total. The molecule has 8 heteroatoms. The molecule has 23 heavy (non-hydrogen) atoms. The predicted molar refractivity (Wildman–Crippen MR) is 89.8 cm³/mol. The van der Waals surface area contributed by atoms with E-state index in [4.69, 9.17) is 19.7 Å². The molecule has 0 bridgehead atoms. The highest BCUT2D eigenvalue weighted by molar-refractivity contribution is 7.47. The number of nitrogens with two attached hydrogens (primary N) is 1. The third kappa shape index (κ3) is 14.7. The molecule has 0 saturated heterocycles. The molecule has 0 aromatic heterocycles. The van der Waals surface area contributed by atoms with Gasteiger partial charge in [0.2, 0.25) is 0 Å². The molecule has 0 fully saturated rings. The van der Waals surface area contributed by atoms with Gasteiger partial charge in [-0.05, 0) is 12.8 Å². The van der Waals surface area contributed by atoms with Gasteiger partial charge in [0.15, 0.2) is 0 Å². The Kier molecular flexibility index (Phi) is 14.6. The Morgan fingerprint density at radius 2 is 1.74 bits per heavy atom. The van der Waals surface area contributed by atoms with Gasteiger partial charge in [0.25, 0.3) is 0 Å². The van der Waals surface area contributed by atoms with Gasteiger partial charge in [0, 0.05) is 19.4 Å². The van der Waals surface area contributed by atoms with Crippen LogP contribution in [0.3, 0.4) is 0 Å². The molecule has 2 atom stereocenters. The first-order valence-corrected chi connectivity index (χ1v) is 9.77. The minimum absolute atomic E-state index is 0.0773. The third-order valence-corrected chi connectivity index (χ3v) is 3.86. The van der Waals surface area contributed by atoms with Crippen LogP contribution in [0.15, 0.2) is 12.5 Å². The Balaban J connectivity index is 4.15. The molecule has 1 unspecified atom stereocenters. The van der Waals surface area contributed by atoms with Crippen LogP contribution in [-0.2, 0) is 23.1 Å². The van der Waals surface area contributed by atoms with Crippen molar-refractivity contribution in [3.8, 4) is 0 Å². The fraction of sp³-hybridized carbons (Fsp3) is 0.867. The minimum Gasteiger partial charge on any atom is -0.411 e. The molecule has 0 aliphatic rings. The van der Waals surface area contributed by atoms with Crippen LogP contribution in [0, 0.1) is 0 Å². The zero-order chi connectivity index (χ0) is 17.4. The zero-order valence-electron chi connectivity index (χ0n) is 14.3. The van der Waals surface area contributed by atoms with E-state index in [-0.39, 0.29) is 6.61 Å². The molecule has 0 aliphatic heterocycles. The molecule has 0 amide bonds. The second kappa shape index (κ2) is 15.0. The number of phosphoric ester groups is 1. The van der Waals surface area contributed by atoms with E-state index < -0.39 is 13.9 Å². The third-order valence-electron chi connectivity index (χ3n) is 2.99. The van der Waals surface area contributed by atoms with E-state index in [9.17, 15) is 9.46 Å². The molecule has 138 valence electrons. The van der Waals surface area contributed by atoms with Gasteiger partial charge >= 0.3 is 7.82 Å². The smallest absolute Gasteiger partial charge is 0.411 e. The number of ether oxygens (including phenoxy) is 2. The van der Waals surface area contributed by atoms with E-state index in [2.05, 4.69) is 18.4 Å². The summed E-state index contributed by atoms with van der Waals surface area (Å²) in [6.45, 7) is 5.70. The lowest BCUT2D eigenvalue weighted by Crippen LogP contribution is -2.26. The first-order valence-electron chi connectivity index (χ1n) is 8.27. The number of rotatable bonds is 16. The average molecular weight is 353 g/mol. The lowest BCUT2D eigenvalue weighted by molar-refractivity contribution is -0.0431. The van der Waals surface area contributed by atoms with E-state index in [1.165, 1.54) is 0 Å². The van der Waals surface area contributed by atoms with E-state index in [1.54, 1.807) is 0 Å². The predicted octanol–water partition coefficient (Wildman–Crippen LogP) is 3.33. The van der Waals surface area contributed by atoms with E-state index >= 15 is 0 Å². The topological polar surface area (TPSA) is 100 Å². The molecule has 0 aromatic rings. The summed E-state index contributed by atoms with van der Waals surface area (Å²) in [6, 6.07) is 0. The molecular formula is C15H32NO6P. The van der Waals surface area contributed by atoms with Gasteiger partial charge in [0.1, 0.15) is 12.4 Å². The highest BCUT2D eigenvalue weighted by atomic mass is 31.2. The van der Waals surface area contributed by atoms with Crippen LogP contribution in [0.5, 0.6) is 0 Å². The molecule has 3 N–H and O–H groups in total. The van der Waals surface area contributed by atoms with Gasteiger partial charge in [-0.15, -0.1) is 0 Å². The minimum atomic E-state index is -4.16. The van der Waals surface area contributed by atoms with Crippen molar-refractivity contribution in [2.24, 2.45) is 5.73 Å². The highest BCUT2D eigenvalue weighted by Crippen LogP contribution is 2.43. The van der Waals surface area contributed by atoms with Gasteiger partial charge < -0.3 is 19.7 Å². The summed E-state index contributed by atoms with van der Waals surface area (Å²) in [5, 5.41) is 0. The maximum absolute atomic E-state index is 11.6. The monoisotopic (exact) mass is 353 g/mol. The van der Waals surface area contributed by atoms with E-state index in [0.717, 1.165) is 51.0 Å². The fourth-order valence-electron chi connectivity index (χ4n) is 1.74. The van der Waals surface area contributed by atoms with Crippen LogP contribution in [0.1, 0.15) is 52.4 Å². The van der Waals surface area contributed by atoms with Crippen LogP contribution < -0.4 is 5.73 Å². The van der Waals surface area contributed by atoms with Crippen LogP contribution >= 0.6 is 7.82 Å². The Morgan fingerprint density at radius 1 is 1.09 bits per heavy atom. The molecule has 0 radical (unpaired) electrons. The Hall–Kier alpha value is -0.590. The van der Waals surface area contributed by atoms with Crippen LogP contribution in [0.4, 0.5) is 0 Å². The molecule has 0 rings (SSSR count). The largest absolute Gasteiger partial charge is 0.526 e. The zero-order valence-corrected chi connectivity index (χ0v) is 15.2. The van der Waals surface area contributed by atoms with Crippen molar-refractivity contribution in [3.05, 3.63) is 12.5 Å². The average Bonchev–Trinajstić information content (AvgIpc) is 2.53. The number of hydrogen-bond donors (Lipinski definition) is 2. The van der Waals surface area contributed by atoms with Crippen molar-refractivity contribution in [1.29, 1.82) is 0 Å². The quantitative estimate of drug-likeness (QED) is 0.249. The van der Waals surface area contributed by atoms with Crippen molar-refractivity contribution in [2.75, 3.05) is 26.4 Å². The molecule has 0 aliphatic carbocycles. The first kappa shape index (κ1) is 22.4. The second-order valence-electron chi connectivity index (χ2n) is 5.18. The van der Waals surface area contributed by atoms with Gasteiger partial charge in [-0.1, -0.05) is 39.5 Å². The van der Waals surface area contributed by atoms with Crippen LogP contribution in [0.25, 0.3) is 0 Å². The standard InChI is InChI=1S/C15H32NO6P/c1-3-5-7-10-19-13-15(20-11-8-6-4-2)14-22-23(17,18)21-12-9-16/h9,12,15H,3-8,10-11,13-14,16H2,1-2H3,(H,17,18)/t15-/m1/s1. The SMILES string of the molecule is CCCCCOC[C@H](COP(=O)(O)OC=CN)OCCCCC. The lowest BCUT2D eigenvalue weighted by atomic mass is 10.2. The number of hydrogen-bond acceptors (Lipinski definition) is 6. The van der Waals surface area contributed by atoms with Gasteiger partial charge in [-0.25, -0.2) is 4.57 Å². The lowest BCUT2D eigenvalue weighted by Gasteiger charge is -2.19.